The van der Waals surface area contributed by atoms with Crippen LogP contribution in [0.25, 0.3) is 0 Å². The molecular weight excluding hydrogens is 307 g/mol. The van der Waals surface area contributed by atoms with E-state index in [1.54, 1.807) is 6.07 Å². The van der Waals surface area contributed by atoms with Crippen molar-refractivity contribution in [3.8, 4) is 0 Å². The highest BCUT2D eigenvalue weighted by atomic mass is 19.1. The van der Waals surface area contributed by atoms with Gasteiger partial charge in [0.15, 0.2) is 5.96 Å². The Balaban J connectivity index is 1.51. The Morgan fingerprint density at radius 3 is 3.17 bits per heavy atom. The highest BCUT2D eigenvalue weighted by Gasteiger charge is 2.32. The van der Waals surface area contributed by atoms with Crippen molar-refractivity contribution in [2.45, 2.75) is 38.5 Å². The Morgan fingerprint density at radius 1 is 1.42 bits per heavy atom. The SMILES string of the molecule is CCNC(=NCc1cccc(F)c1)NCC1CN2CCCC2CO1. The second-order valence-corrected chi connectivity index (χ2v) is 6.45. The lowest BCUT2D eigenvalue weighted by Crippen LogP contribution is -2.51. The van der Waals surface area contributed by atoms with Gasteiger partial charge in [-0.3, -0.25) is 4.90 Å². The Hall–Kier alpha value is -1.66. The number of hydrogen-bond donors (Lipinski definition) is 2. The predicted molar refractivity (Wildman–Crippen MR) is 93.6 cm³/mol. The van der Waals surface area contributed by atoms with Crippen LogP contribution in [0.15, 0.2) is 29.3 Å². The second-order valence-electron chi connectivity index (χ2n) is 6.45. The van der Waals surface area contributed by atoms with Crippen LogP contribution in [-0.4, -0.2) is 55.8 Å². The fraction of sp³-hybridized carbons (Fsp3) is 0.611. The minimum Gasteiger partial charge on any atom is -0.373 e. The average Bonchev–Trinajstić information content (AvgIpc) is 3.05. The molecule has 0 bridgehead atoms. The number of morpholine rings is 1. The molecule has 0 aliphatic carbocycles. The van der Waals surface area contributed by atoms with E-state index in [0.29, 0.717) is 12.6 Å². The number of nitrogens with one attached hydrogen (secondary N) is 2. The fourth-order valence-electron chi connectivity index (χ4n) is 3.37. The molecule has 6 heteroatoms. The third kappa shape index (κ3) is 4.68. The van der Waals surface area contributed by atoms with Gasteiger partial charge in [-0.25, -0.2) is 9.38 Å². The quantitative estimate of drug-likeness (QED) is 0.636. The molecule has 0 saturated carbocycles. The molecule has 2 N–H and O–H groups in total. The summed E-state index contributed by atoms with van der Waals surface area (Å²) in [6.07, 6.45) is 2.74. The monoisotopic (exact) mass is 334 g/mol. The number of halogens is 1. The zero-order valence-electron chi connectivity index (χ0n) is 14.3. The van der Waals surface area contributed by atoms with Gasteiger partial charge < -0.3 is 15.4 Å². The van der Waals surface area contributed by atoms with Crippen LogP contribution in [0.5, 0.6) is 0 Å². The molecule has 3 rings (SSSR count). The molecule has 0 radical (unpaired) electrons. The van der Waals surface area contributed by atoms with Crippen LogP contribution in [-0.2, 0) is 11.3 Å². The summed E-state index contributed by atoms with van der Waals surface area (Å²) in [5.41, 5.74) is 0.862. The normalized spacial score (nSPS) is 24.7. The number of nitrogens with zero attached hydrogens (tertiary/aromatic N) is 2. The van der Waals surface area contributed by atoms with Crippen LogP contribution in [0.2, 0.25) is 0 Å². The second kappa shape index (κ2) is 8.44. The van der Waals surface area contributed by atoms with Crippen molar-refractivity contribution >= 4 is 5.96 Å². The smallest absolute Gasteiger partial charge is 0.191 e. The summed E-state index contributed by atoms with van der Waals surface area (Å²) < 4.78 is 19.2. The van der Waals surface area contributed by atoms with Crippen molar-refractivity contribution in [3.05, 3.63) is 35.6 Å². The number of guanidine groups is 1. The molecule has 2 aliphatic heterocycles. The van der Waals surface area contributed by atoms with E-state index in [1.165, 1.54) is 31.5 Å². The number of fused-ring (bicyclic) bond motifs is 1. The Bertz CT molecular complexity index is 566. The summed E-state index contributed by atoms with van der Waals surface area (Å²) in [6.45, 7) is 7.02. The van der Waals surface area contributed by atoms with Crippen LogP contribution in [0.3, 0.4) is 0 Å². The van der Waals surface area contributed by atoms with Gasteiger partial charge in [-0.2, -0.15) is 0 Å². The van der Waals surface area contributed by atoms with Crippen LogP contribution in [0.4, 0.5) is 4.39 Å². The summed E-state index contributed by atoms with van der Waals surface area (Å²) in [4.78, 5) is 7.07. The summed E-state index contributed by atoms with van der Waals surface area (Å²) in [6, 6.07) is 7.18. The number of rotatable bonds is 5. The molecule has 24 heavy (non-hydrogen) atoms. The molecule has 0 spiro atoms. The van der Waals surface area contributed by atoms with Crippen LogP contribution in [0, 0.1) is 5.82 Å². The maximum absolute atomic E-state index is 13.2. The zero-order chi connectivity index (χ0) is 16.8. The number of aliphatic imine (C=N–C) groups is 1. The lowest BCUT2D eigenvalue weighted by atomic mass is 10.2. The number of ether oxygens (including phenoxy) is 1. The van der Waals surface area contributed by atoms with Gasteiger partial charge in [0.25, 0.3) is 0 Å². The molecule has 2 aliphatic rings. The maximum atomic E-state index is 13.2. The van der Waals surface area contributed by atoms with Crippen LogP contribution < -0.4 is 10.6 Å². The first-order valence-corrected chi connectivity index (χ1v) is 8.87. The highest BCUT2D eigenvalue weighted by molar-refractivity contribution is 5.79. The molecule has 2 fully saturated rings. The van der Waals surface area contributed by atoms with Gasteiger partial charge in [0.05, 0.1) is 19.3 Å². The van der Waals surface area contributed by atoms with E-state index < -0.39 is 0 Å². The van der Waals surface area contributed by atoms with Crippen molar-refractivity contribution in [1.82, 2.24) is 15.5 Å². The van der Waals surface area contributed by atoms with Crippen molar-refractivity contribution < 1.29 is 9.13 Å². The lowest BCUT2D eigenvalue weighted by molar-refractivity contribution is -0.0453. The van der Waals surface area contributed by atoms with E-state index in [9.17, 15) is 4.39 Å². The molecule has 2 atom stereocenters. The highest BCUT2D eigenvalue weighted by Crippen LogP contribution is 2.22. The first-order valence-electron chi connectivity index (χ1n) is 8.87. The minimum atomic E-state index is -0.226. The first kappa shape index (κ1) is 17.2. The first-order chi connectivity index (χ1) is 11.7. The van der Waals surface area contributed by atoms with E-state index in [1.807, 2.05) is 13.0 Å². The molecule has 1 aromatic rings. The van der Waals surface area contributed by atoms with E-state index in [4.69, 9.17) is 4.74 Å². The lowest BCUT2D eigenvalue weighted by Gasteiger charge is -2.35. The minimum absolute atomic E-state index is 0.192. The van der Waals surface area contributed by atoms with Gasteiger partial charge in [-0.05, 0) is 44.0 Å². The summed E-state index contributed by atoms with van der Waals surface area (Å²) >= 11 is 0. The molecule has 2 heterocycles. The largest absolute Gasteiger partial charge is 0.373 e. The Morgan fingerprint density at radius 2 is 2.33 bits per heavy atom. The van der Waals surface area contributed by atoms with E-state index >= 15 is 0 Å². The zero-order valence-corrected chi connectivity index (χ0v) is 14.3. The molecule has 1 aromatic carbocycles. The van der Waals surface area contributed by atoms with Gasteiger partial charge in [-0.1, -0.05) is 12.1 Å². The standard InChI is InChI=1S/C18H27FN4O/c1-2-20-18(21-10-14-5-3-6-15(19)9-14)22-11-17-12-23-8-4-7-16(23)13-24-17/h3,5-6,9,16-17H,2,4,7-8,10-13H2,1H3,(H2,20,21,22). The van der Waals surface area contributed by atoms with Crippen LogP contribution >= 0.6 is 0 Å². The third-order valence-corrected chi connectivity index (χ3v) is 4.61. The van der Waals surface area contributed by atoms with Crippen molar-refractivity contribution in [3.63, 3.8) is 0 Å². The van der Waals surface area contributed by atoms with Crippen molar-refractivity contribution in [1.29, 1.82) is 0 Å². The van der Waals surface area contributed by atoms with Gasteiger partial charge in [0.1, 0.15) is 5.82 Å². The number of hydrogen-bond acceptors (Lipinski definition) is 3. The molecule has 0 aromatic heterocycles. The van der Waals surface area contributed by atoms with Gasteiger partial charge in [0, 0.05) is 25.7 Å². The van der Waals surface area contributed by atoms with Crippen molar-refractivity contribution in [2.24, 2.45) is 4.99 Å². The van der Waals surface area contributed by atoms with Crippen LogP contribution in [0.1, 0.15) is 25.3 Å². The molecular formula is C18H27FN4O. The fourth-order valence-corrected chi connectivity index (χ4v) is 3.37. The third-order valence-electron chi connectivity index (χ3n) is 4.61. The molecule has 5 nitrogen and oxygen atoms in total. The van der Waals surface area contributed by atoms with E-state index in [-0.39, 0.29) is 11.9 Å². The van der Waals surface area contributed by atoms with Gasteiger partial charge in [-0.15, -0.1) is 0 Å². The van der Waals surface area contributed by atoms with Gasteiger partial charge in [0.2, 0.25) is 0 Å². The molecule has 132 valence electrons. The Labute approximate surface area is 143 Å². The molecule has 0 amide bonds. The van der Waals surface area contributed by atoms with E-state index in [0.717, 1.165) is 37.8 Å². The Kier molecular flexibility index (Phi) is 6.04. The van der Waals surface area contributed by atoms with Gasteiger partial charge >= 0.3 is 0 Å². The predicted octanol–water partition coefficient (Wildman–Crippen LogP) is 1.74. The number of benzene rings is 1. The molecule has 2 unspecified atom stereocenters. The topological polar surface area (TPSA) is 48.9 Å². The summed E-state index contributed by atoms with van der Waals surface area (Å²) in [5, 5.41) is 6.58. The summed E-state index contributed by atoms with van der Waals surface area (Å²) in [7, 11) is 0. The van der Waals surface area contributed by atoms with E-state index in [2.05, 4.69) is 20.5 Å². The summed E-state index contributed by atoms with van der Waals surface area (Å²) in [5.74, 6) is 0.519. The maximum Gasteiger partial charge on any atom is 0.191 e. The van der Waals surface area contributed by atoms with Crippen molar-refractivity contribution in [2.75, 3.05) is 32.8 Å². The average molecular weight is 334 g/mol. The molecule has 2 saturated heterocycles.